The third-order valence-electron chi connectivity index (χ3n) is 5.07. The molecular formula is C21H23N9O. The molecule has 1 fully saturated rings. The number of hydrogen-bond acceptors (Lipinski definition) is 8. The highest BCUT2D eigenvalue weighted by Crippen LogP contribution is 2.25. The molecule has 10 nitrogen and oxygen atoms in total. The summed E-state index contributed by atoms with van der Waals surface area (Å²) in [5.41, 5.74) is 7.47. The Labute approximate surface area is 179 Å². The lowest BCUT2D eigenvalue weighted by atomic mass is 10.2. The van der Waals surface area contributed by atoms with Gasteiger partial charge in [0.25, 0.3) is 0 Å². The number of aromatic nitrogens is 6. The van der Waals surface area contributed by atoms with Crippen LogP contribution in [-0.4, -0.2) is 61.8 Å². The summed E-state index contributed by atoms with van der Waals surface area (Å²) in [5.74, 6) is 1.17. The highest BCUT2D eigenvalue weighted by atomic mass is 16.5. The second-order valence-electron chi connectivity index (χ2n) is 7.41. The van der Waals surface area contributed by atoms with Crippen molar-refractivity contribution in [3.05, 3.63) is 54.1 Å². The first kappa shape index (κ1) is 19.2. The molecule has 5 rings (SSSR count). The highest BCUT2D eigenvalue weighted by Gasteiger charge is 2.20. The van der Waals surface area contributed by atoms with Gasteiger partial charge in [0, 0.05) is 26.3 Å². The number of aryl methyl sites for hydroxylation is 2. The number of benzene rings is 1. The van der Waals surface area contributed by atoms with Gasteiger partial charge in [0.05, 0.1) is 31.3 Å². The molecule has 4 aromatic rings. The van der Waals surface area contributed by atoms with Crippen LogP contribution in [0.4, 0.5) is 11.8 Å². The maximum Gasteiger partial charge on any atom is 0.229 e. The van der Waals surface area contributed by atoms with Crippen LogP contribution in [0.25, 0.3) is 16.9 Å². The minimum atomic E-state index is 0.554. The maximum atomic E-state index is 5.48. The van der Waals surface area contributed by atoms with Crippen molar-refractivity contribution in [2.24, 2.45) is 12.1 Å². The summed E-state index contributed by atoms with van der Waals surface area (Å²) in [6.45, 7) is 4.82. The van der Waals surface area contributed by atoms with Gasteiger partial charge in [0.1, 0.15) is 6.33 Å². The summed E-state index contributed by atoms with van der Waals surface area (Å²) in [6, 6.07) is 8.13. The zero-order valence-corrected chi connectivity index (χ0v) is 17.4. The molecule has 158 valence electrons. The molecule has 1 aliphatic heterocycles. The van der Waals surface area contributed by atoms with Gasteiger partial charge >= 0.3 is 0 Å². The molecule has 31 heavy (non-hydrogen) atoms. The first-order chi connectivity index (χ1) is 15.2. The van der Waals surface area contributed by atoms with E-state index in [2.05, 4.69) is 44.6 Å². The first-order valence-electron chi connectivity index (χ1n) is 10.1. The summed E-state index contributed by atoms with van der Waals surface area (Å²) in [5, 5.41) is 8.66. The number of ether oxygens (including phenoxy) is 1. The standard InChI is InChI=1S/C21H23N9O/c1-15-4-3-5-16(10-15)11-23-27-19-18-20(26-21(25-19)29-6-8-31-9-7-29)30(14-22-18)17-12-24-28(2)13-17/h3-5,10-14H,6-9H2,1-2H3,(H,25,26,27)/b23-11+. The van der Waals surface area contributed by atoms with Gasteiger partial charge in [-0.25, -0.2) is 4.98 Å². The van der Waals surface area contributed by atoms with E-state index in [1.165, 1.54) is 5.56 Å². The van der Waals surface area contributed by atoms with E-state index in [-0.39, 0.29) is 0 Å². The summed E-state index contributed by atoms with van der Waals surface area (Å²) in [6.07, 6.45) is 7.20. The second-order valence-corrected chi connectivity index (χ2v) is 7.41. The molecule has 1 aromatic carbocycles. The van der Waals surface area contributed by atoms with Crippen molar-refractivity contribution in [2.75, 3.05) is 36.6 Å². The molecule has 0 radical (unpaired) electrons. The lowest BCUT2D eigenvalue weighted by molar-refractivity contribution is 0.122. The molecule has 4 heterocycles. The van der Waals surface area contributed by atoms with Gasteiger partial charge in [-0.15, -0.1) is 0 Å². The summed E-state index contributed by atoms with van der Waals surface area (Å²) in [7, 11) is 1.88. The zero-order valence-electron chi connectivity index (χ0n) is 17.4. The number of rotatable bonds is 5. The number of hydrazone groups is 1. The van der Waals surface area contributed by atoms with E-state index < -0.39 is 0 Å². The van der Waals surface area contributed by atoms with Gasteiger partial charge in [-0.1, -0.05) is 29.8 Å². The monoisotopic (exact) mass is 417 g/mol. The molecule has 10 heteroatoms. The van der Waals surface area contributed by atoms with Crippen LogP contribution in [0.15, 0.2) is 48.1 Å². The quantitative estimate of drug-likeness (QED) is 0.392. The Balaban J connectivity index is 1.54. The normalized spacial score (nSPS) is 14.6. The van der Waals surface area contributed by atoms with Gasteiger partial charge in [-0.2, -0.15) is 20.2 Å². The van der Waals surface area contributed by atoms with Crippen LogP contribution < -0.4 is 10.3 Å². The molecule has 0 amide bonds. The summed E-state index contributed by atoms with van der Waals surface area (Å²) < 4.78 is 9.13. The largest absolute Gasteiger partial charge is 0.378 e. The molecule has 0 aliphatic carbocycles. The van der Waals surface area contributed by atoms with Crippen LogP contribution >= 0.6 is 0 Å². The van der Waals surface area contributed by atoms with Crippen molar-refractivity contribution in [2.45, 2.75) is 6.92 Å². The van der Waals surface area contributed by atoms with Gasteiger partial charge in [-0.05, 0) is 12.5 Å². The fraction of sp³-hybridized carbons (Fsp3) is 0.286. The second kappa shape index (κ2) is 8.15. The van der Waals surface area contributed by atoms with Gasteiger partial charge in [0.2, 0.25) is 5.95 Å². The predicted molar refractivity (Wildman–Crippen MR) is 119 cm³/mol. The maximum absolute atomic E-state index is 5.48. The van der Waals surface area contributed by atoms with E-state index >= 15 is 0 Å². The van der Waals surface area contributed by atoms with Crippen molar-refractivity contribution < 1.29 is 4.74 Å². The van der Waals surface area contributed by atoms with Crippen molar-refractivity contribution in [3.63, 3.8) is 0 Å². The number of imidazole rings is 1. The fourth-order valence-corrected chi connectivity index (χ4v) is 3.51. The topological polar surface area (TPSA) is 98.3 Å². The number of fused-ring (bicyclic) bond motifs is 1. The number of morpholine rings is 1. The summed E-state index contributed by atoms with van der Waals surface area (Å²) in [4.78, 5) is 16.2. The Bertz CT molecular complexity index is 1240. The average molecular weight is 417 g/mol. The van der Waals surface area contributed by atoms with Crippen LogP contribution in [0, 0.1) is 6.92 Å². The van der Waals surface area contributed by atoms with Crippen LogP contribution in [0.5, 0.6) is 0 Å². The Kier molecular flexibility index (Phi) is 5.04. The Morgan fingerprint density at radius 2 is 2.06 bits per heavy atom. The summed E-state index contributed by atoms with van der Waals surface area (Å²) >= 11 is 0. The molecule has 0 unspecified atom stereocenters. The van der Waals surface area contributed by atoms with Gasteiger partial charge < -0.3 is 9.64 Å². The van der Waals surface area contributed by atoms with Crippen LogP contribution in [0.2, 0.25) is 0 Å². The van der Waals surface area contributed by atoms with E-state index in [1.54, 1.807) is 23.4 Å². The Morgan fingerprint density at radius 3 is 2.84 bits per heavy atom. The fourth-order valence-electron chi connectivity index (χ4n) is 3.51. The minimum absolute atomic E-state index is 0.554. The SMILES string of the molecule is Cc1cccc(/C=N/Nc2nc(N3CCOCC3)nc3c2ncn3-c2cnn(C)c2)c1. The molecule has 0 spiro atoms. The average Bonchev–Trinajstić information content (AvgIpc) is 3.40. The van der Waals surface area contributed by atoms with Crippen LogP contribution in [0.3, 0.4) is 0 Å². The number of anilines is 2. The smallest absolute Gasteiger partial charge is 0.229 e. The van der Waals surface area contributed by atoms with Gasteiger partial charge in [0.15, 0.2) is 17.0 Å². The van der Waals surface area contributed by atoms with E-state index in [4.69, 9.17) is 14.7 Å². The Morgan fingerprint density at radius 1 is 1.19 bits per heavy atom. The molecular weight excluding hydrogens is 394 g/mol. The van der Waals surface area contributed by atoms with E-state index in [1.807, 2.05) is 29.9 Å². The lowest BCUT2D eigenvalue weighted by Gasteiger charge is -2.27. The minimum Gasteiger partial charge on any atom is -0.378 e. The number of nitrogens with one attached hydrogen (secondary N) is 1. The van der Waals surface area contributed by atoms with Crippen molar-refractivity contribution in [1.82, 2.24) is 29.3 Å². The lowest BCUT2D eigenvalue weighted by Crippen LogP contribution is -2.37. The predicted octanol–water partition coefficient (Wildman–Crippen LogP) is 2.14. The van der Waals surface area contributed by atoms with Crippen molar-refractivity contribution in [1.29, 1.82) is 0 Å². The van der Waals surface area contributed by atoms with Crippen molar-refractivity contribution >= 4 is 29.1 Å². The molecule has 0 bridgehead atoms. The zero-order chi connectivity index (χ0) is 21.2. The number of hydrogen-bond donors (Lipinski definition) is 1. The molecule has 1 saturated heterocycles. The molecule has 0 atom stereocenters. The molecule has 0 saturated carbocycles. The molecule has 1 aliphatic rings. The van der Waals surface area contributed by atoms with Gasteiger partial charge in [-0.3, -0.25) is 14.7 Å². The molecule has 3 aromatic heterocycles. The van der Waals surface area contributed by atoms with Crippen LogP contribution in [0.1, 0.15) is 11.1 Å². The third kappa shape index (κ3) is 3.97. The molecule has 1 N–H and O–H groups in total. The van der Waals surface area contributed by atoms with E-state index in [9.17, 15) is 0 Å². The number of nitrogens with zero attached hydrogens (tertiary/aromatic N) is 8. The first-order valence-corrected chi connectivity index (χ1v) is 10.1. The van der Waals surface area contributed by atoms with E-state index in [0.29, 0.717) is 36.1 Å². The van der Waals surface area contributed by atoms with Crippen molar-refractivity contribution in [3.8, 4) is 5.69 Å². The highest BCUT2D eigenvalue weighted by molar-refractivity contribution is 5.87. The Hall–Kier alpha value is -3.79. The third-order valence-corrected chi connectivity index (χ3v) is 5.07. The van der Waals surface area contributed by atoms with E-state index in [0.717, 1.165) is 24.3 Å². The van der Waals surface area contributed by atoms with Crippen LogP contribution in [-0.2, 0) is 11.8 Å².